The molecule has 1 saturated carbocycles. The van der Waals surface area contributed by atoms with E-state index in [0.717, 1.165) is 6.07 Å². The lowest BCUT2D eigenvalue weighted by Gasteiger charge is -2.22. The number of nitrogens with two attached hydrogens (primary N) is 1. The van der Waals surface area contributed by atoms with Crippen molar-refractivity contribution in [1.29, 1.82) is 0 Å². The Morgan fingerprint density at radius 3 is 2.68 bits per heavy atom. The Kier molecular flexibility index (Phi) is 5.28. The molecule has 0 bridgehead atoms. The molecular weight excluding hydrogens is 248 g/mol. The summed E-state index contributed by atoms with van der Waals surface area (Å²) in [5.41, 5.74) is 6.03. The molecule has 0 saturated heterocycles. The van der Waals surface area contributed by atoms with E-state index in [1.807, 2.05) is 0 Å². The first kappa shape index (κ1) is 14.4. The van der Waals surface area contributed by atoms with E-state index < -0.39 is 17.7 Å². The van der Waals surface area contributed by atoms with Crippen molar-refractivity contribution in [2.45, 2.75) is 38.1 Å². The molecular formula is C15H21F2NO. The number of hydrogen-bond donors (Lipinski definition) is 1. The summed E-state index contributed by atoms with van der Waals surface area (Å²) in [5, 5.41) is 0. The topological polar surface area (TPSA) is 35.2 Å². The van der Waals surface area contributed by atoms with Crippen molar-refractivity contribution in [3.63, 3.8) is 0 Å². The van der Waals surface area contributed by atoms with Crippen molar-refractivity contribution in [1.82, 2.24) is 0 Å². The Morgan fingerprint density at radius 2 is 1.95 bits per heavy atom. The van der Waals surface area contributed by atoms with Gasteiger partial charge in [-0.1, -0.05) is 31.4 Å². The second kappa shape index (κ2) is 6.96. The number of rotatable bonds is 5. The van der Waals surface area contributed by atoms with Gasteiger partial charge in [-0.05, 0) is 24.8 Å². The molecule has 2 rings (SSSR count). The average Bonchev–Trinajstić information content (AvgIpc) is 2.43. The van der Waals surface area contributed by atoms with Crippen molar-refractivity contribution in [2.75, 3.05) is 13.2 Å². The third-order valence-corrected chi connectivity index (χ3v) is 3.76. The van der Waals surface area contributed by atoms with E-state index in [-0.39, 0.29) is 12.2 Å². The third-order valence-electron chi connectivity index (χ3n) is 3.76. The Hall–Kier alpha value is -1.00. The maximum Gasteiger partial charge on any atom is 0.163 e. The van der Waals surface area contributed by atoms with Gasteiger partial charge in [-0.25, -0.2) is 8.78 Å². The van der Waals surface area contributed by atoms with Gasteiger partial charge in [-0.2, -0.15) is 0 Å². The quantitative estimate of drug-likeness (QED) is 0.887. The summed E-state index contributed by atoms with van der Waals surface area (Å²) in [4.78, 5) is 0. The zero-order chi connectivity index (χ0) is 13.7. The summed E-state index contributed by atoms with van der Waals surface area (Å²) in [6.07, 6.45) is 6.23. The van der Waals surface area contributed by atoms with Gasteiger partial charge in [-0.3, -0.25) is 0 Å². The smallest absolute Gasteiger partial charge is 0.163 e. The molecule has 2 N–H and O–H groups in total. The van der Waals surface area contributed by atoms with Crippen LogP contribution in [0.5, 0.6) is 0 Å². The second-order valence-electron chi connectivity index (χ2n) is 5.29. The zero-order valence-corrected chi connectivity index (χ0v) is 11.1. The van der Waals surface area contributed by atoms with Crippen LogP contribution in [-0.2, 0) is 4.74 Å². The molecule has 0 radical (unpaired) electrons. The van der Waals surface area contributed by atoms with Gasteiger partial charge < -0.3 is 10.5 Å². The van der Waals surface area contributed by atoms with Crippen molar-refractivity contribution >= 4 is 0 Å². The first-order valence-electron chi connectivity index (χ1n) is 6.95. The van der Waals surface area contributed by atoms with Crippen LogP contribution < -0.4 is 5.73 Å². The minimum absolute atomic E-state index is 0.184. The highest BCUT2D eigenvalue weighted by molar-refractivity contribution is 5.22. The van der Waals surface area contributed by atoms with Crippen LogP contribution >= 0.6 is 0 Å². The lowest BCUT2D eigenvalue weighted by atomic mass is 9.90. The molecule has 1 aliphatic carbocycles. The monoisotopic (exact) mass is 269 g/mol. The van der Waals surface area contributed by atoms with Crippen LogP contribution in [0.15, 0.2) is 18.2 Å². The molecule has 1 aromatic rings. The lowest BCUT2D eigenvalue weighted by molar-refractivity contribution is 0.0752. The first-order valence-corrected chi connectivity index (χ1v) is 6.95. The highest BCUT2D eigenvalue weighted by atomic mass is 19.2. The Morgan fingerprint density at radius 1 is 1.21 bits per heavy atom. The summed E-state index contributed by atoms with van der Waals surface area (Å²) in [6, 6.07) is 3.45. The van der Waals surface area contributed by atoms with Gasteiger partial charge in [0.25, 0.3) is 0 Å². The fourth-order valence-electron chi connectivity index (χ4n) is 2.61. The van der Waals surface area contributed by atoms with Gasteiger partial charge in [0, 0.05) is 12.2 Å². The van der Waals surface area contributed by atoms with Crippen LogP contribution in [0.1, 0.15) is 43.7 Å². The predicted octanol–water partition coefficient (Wildman–Crippen LogP) is 3.56. The van der Waals surface area contributed by atoms with Gasteiger partial charge in [0.1, 0.15) is 0 Å². The van der Waals surface area contributed by atoms with E-state index in [9.17, 15) is 8.78 Å². The summed E-state index contributed by atoms with van der Waals surface area (Å²) in [5.74, 6) is -1.13. The molecule has 4 heteroatoms. The Bertz CT molecular complexity index is 405. The Labute approximate surface area is 112 Å². The SMILES string of the molecule is NC(COCC1CCCCC1)c1cccc(F)c1F. The second-order valence-corrected chi connectivity index (χ2v) is 5.29. The molecule has 0 heterocycles. The van der Waals surface area contributed by atoms with Gasteiger partial charge in [-0.15, -0.1) is 0 Å². The Balaban J connectivity index is 1.80. The third kappa shape index (κ3) is 3.98. The van der Waals surface area contributed by atoms with Crippen molar-refractivity contribution in [2.24, 2.45) is 11.7 Å². The highest BCUT2D eigenvalue weighted by Crippen LogP contribution is 2.24. The molecule has 0 aliphatic heterocycles. The molecule has 0 aromatic heterocycles. The van der Waals surface area contributed by atoms with E-state index in [1.165, 1.54) is 44.2 Å². The molecule has 2 nitrogen and oxygen atoms in total. The van der Waals surface area contributed by atoms with Crippen LogP contribution in [0.2, 0.25) is 0 Å². The van der Waals surface area contributed by atoms with E-state index in [2.05, 4.69) is 0 Å². The predicted molar refractivity (Wildman–Crippen MR) is 70.7 cm³/mol. The maximum absolute atomic E-state index is 13.5. The molecule has 19 heavy (non-hydrogen) atoms. The molecule has 1 atom stereocenters. The standard InChI is InChI=1S/C15H21F2NO/c16-13-8-4-7-12(15(13)17)14(18)10-19-9-11-5-2-1-3-6-11/h4,7-8,11,14H,1-3,5-6,9-10,18H2. The fourth-order valence-corrected chi connectivity index (χ4v) is 2.61. The maximum atomic E-state index is 13.5. The number of hydrogen-bond acceptors (Lipinski definition) is 2. The van der Waals surface area contributed by atoms with Crippen molar-refractivity contribution in [3.05, 3.63) is 35.4 Å². The number of ether oxygens (including phenoxy) is 1. The molecule has 106 valence electrons. The number of benzene rings is 1. The summed E-state index contributed by atoms with van der Waals surface area (Å²) in [7, 11) is 0. The largest absolute Gasteiger partial charge is 0.379 e. The lowest BCUT2D eigenvalue weighted by Crippen LogP contribution is -2.22. The summed E-state index contributed by atoms with van der Waals surface area (Å²) < 4.78 is 32.2. The fraction of sp³-hybridized carbons (Fsp3) is 0.600. The van der Waals surface area contributed by atoms with Crippen LogP contribution in [0, 0.1) is 17.6 Å². The zero-order valence-electron chi connectivity index (χ0n) is 11.1. The van der Waals surface area contributed by atoms with E-state index in [0.29, 0.717) is 12.5 Å². The van der Waals surface area contributed by atoms with Crippen molar-refractivity contribution in [3.8, 4) is 0 Å². The van der Waals surface area contributed by atoms with Crippen LogP contribution in [0.4, 0.5) is 8.78 Å². The van der Waals surface area contributed by atoms with Crippen LogP contribution in [0.3, 0.4) is 0 Å². The van der Waals surface area contributed by atoms with Gasteiger partial charge in [0.15, 0.2) is 11.6 Å². The van der Waals surface area contributed by atoms with E-state index in [1.54, 1.807) is 0 Å². The molecule has 0 spiro atoms. The van der Waals surface area contributed by atoms with E-state index >= 15 is 0 Å². The molecule has 0 amide bonds. The molecule has 1 aliphatic rings. The molecule has 1 unspecified atom stereocenters. The van der Waals surface area contributed by atoms with Gasteiger partial charge in [0.2, 0.25) is 0 Å². The normalized spacial score (nSPS) is 18.5. The van der Waals surface area contributed by atoms with Gasteiger partial charge in [0.05, 0.1) is 12.6 Å². The van der Waals surface area contributed by atoms with Gasteiger partial charge >= 0.3 is 0 Å². The van der Waals surface area contributed by atoms with Crippen LogP contribution in [-0.4, -0.2) is 13.2 Å². The summed E-state index contributed by atoms with van der Waals surface area (Å²) >= 11 is 0. The number of halogens is 2. The minimum atomic E-state index is -0.865. The van der Waals surface area contributed by atoms with Crippen molar-refractivity contribution < 1.29 is 13.5 Å². The highest BCUT2D eigenvalue weighted by Gasteiger charge is 2.17. The van der Waals surface area contributed by atoms with E-state index in [4.69, 9.17) is 10.5 Å². The first-order chi connectivity index (χ1) is 9.18. The average molecular weight is 269 g/mol. The van der Waals surface area contributed by atoms with Crippen LogP contribution in [0.25, 0.3) is 0 Å². The summed E-state index contributed by atoms with van der Waals surface area (Å²) in [6.45, 7) is 0.904. The molecule has 1 fully saturated rings. The molecule has 1 aromatic carbocycles. The minimum Gasteiger partial charge on any atom is -0.379 e.